The van der Waals surface area contributed by atoms with Crippen LogP contribution in [0.2, 0.25) is 0 Å². The average Bonchev–Trinajstić information content (AvgIpc) is 2.68. The highest BCUT2D eigenvalue weighted by Gasteiger charge is 2.36. The summed E-state index contributed by atoms with van der Waals surface area (Å²) in [6.07, 6.45) is 1.44. The van der Waals surface area contributed by atoms with Gasteiger partial charge in [-0.2, -0.15) is 0 Å². The first kappa shape index (κ1) is 14.9. The molecule has 110 valence electrons. The summed E-state index contributed by atoms with van der Waals surface area (Å²) >= 11 is 0.668. The Hall–Kier alpha value is -2.48. The monoisotopic (exact) mass is 309 g/mol. The number of carbonyl (C=O) groups excluding carboxylic acids is 2. The topological polar surface area (TPSA) is 104 Å². The number of thioether (sulfide) groups is 1. The van der Waals surface area contributed by atoms with E-state index in [4.69, 9.17) is 9.84 Å². The minimum Gasteiger partial charge on any atom is -0.504 e. The molecule has 0 aromatic heterocycles. The van der Waals surface area contributed by atoms with Crippen LogP contribution in [-0.2, 0) is 9.59 Å². The van der Waals surface area contributed by atoms with Gasteiger partial charge in [0.15, 0.2) is 11.5 Å². The number of nitrogens with zero attached hydrogens (tertiary/aromatic N) is 1. The molecule has 1 aliphatic heterocycles. The fourth-order valence-electron chi connectivity index (χ4n) is 1.71. The Bertz CT molecular complexity index is 654. The predicted octanol–water partition coefficient (Wildman–Crippen LogP) is 1.52. The summed E-state index contributed by atoms with van der Waals surface area (Å²) in [6, 6.07) is 4.44. The van der Waals surface area contributed by atoms with Crippen molar-refractivity contribution in [3.05, 3.63) is 28.7 Å². The number of methoxy groups -OCH3 is 1. The molecule has 1 saturated heterocycles. The van der Waals surface area contributed by atoms with Crippen LogP contribution >= 0.6 is 11.8 Å². The fraction of sp³-hybridized carbons (Fsp3) is 0.154. The predicted molar refractivity (Wildman–Crippen MR) is 75.0 cm³/mol. The second-order valence-corrected chi connectivity index (χ2v) is 5.09. The van der Waals surface area contributed by atoms with Crippen molar-refractivity contribution in [3.8, 4) is 11.5 Å². The van der Waals surface area contributed by atoms with Crippen molar-refractivity contribution in [3.63, 3.8) is 0 Å². The van der Waals surface area contributed by atoms with Crippen LogP contribution in [0.3, 0.4) is 0 Å². The van der Waals surface area contributed by atoms with Crippen molar-refractivity contribution >= 4 is 35.0 Å². The van der Waals surface area contributed by atoms with Gasteiger partial charge in [0, 0.05) is 0 Å². The molecule has 0 aliphatic carbocycles. The number of benzene rings is 1. The van der Waals surface area contributed by atoms with E-state index < -0.39 is 23.7 Å². The van der Waals surface area contributed by atoms with E-state index in [1.54, 1.807) is 6.07 Å². The van der Waals surface area contributed by atoms with Gasteiger partial charge in [0.05, 0.1) is 12.0 Å². The molecule has 1 fully saturated rings. The lowest BCUT2D eigenvalue weighted by molar-refractivity contribution is -0.140. The standard InChI is InChI=1S/C13H11NO6S/c1-20-9-4-7(2-3-8(9)15)5-10-12(18)14(6-11(16)17)13(19)21-10/h2-5,15H,6H2,1H3,(H,16,17)/b10-5-. The lowest BCUT2D eigenvalue weighted by Gasteiger charge is -2.07. The highest BCUT2D eigenvalue weighted by Crippen LogP contribution is 2.33. The largest absolute Gasteiger partial charge is 0.504 e. The summed E-state index contributed by atoms with van der Waals surface area (Å²) < 4.78 is 4.95. The number of hydrogen-bond donors (Lipinski definition) is 2. The maximum absolute atomic E-state index is 11.9. The van der Waals surface area contributed by atoms with Gasteiger partial charge in [0.2, 0.25) is 0 Å². The Labute approximate surface area is 123 Å². The molecule has 0 atom stereocenters. The molecule has 7 nitrogen and oxygen atoms in total. The number of rotatable bonds is 4. The average molecular weight is 309 g/mol. The number of carboxylic acids is 1. The van der Waals surface area contributed by atoms with Crippen LogP contribution < -0.4 is 4.74 Å². The molecule has 0 saturated carbocycles. The first-order chi connectivity index (χ1) is 9.92. The minimum atomic E-state index is -1.26. The van der Waals surface area contributed by atoms with Gasteiger partial charge in [-0.15, -0.1) is 0 Å². The zero-order chi connectivity index (χ0) is 15.6. The molecule has 8 heteroatoms. The first-order valence-electron chi connectivity index (χ1n) is 5.76. The molecular weight excluding hydrogens is 298 g/mol. The SMILES string of the molecule is COc1cc(/C=C2\SC(=O)N(CC(=O)O)C2=O)ccc1O. The molecule has 2 N–H and O–H groups in total. The molecule has 0 radical (unpaired) electrons. The number of amides is 2. The van der Waals surface area contributed by atoms with Gasteiger partial charge < -0.3 is 14.9 Å². The number of imide groups is 1. The molecule has 2 rings (SSSR count). The van der Waals surface area contributed by atoms with E-state index in [0.29, 0.717) is 22.2 Å². The molecule has 1 heterocycles. The van der Waals surface area contributed by atoms with Crippen molar-refractivity contribution in [1.29, 1.82) is 0 Å². The van der Waals surface area contributed by atoms with Crippen molar-refractivity contribution in [2.75, 3.05) is 13.7 Å². The molecule has 1 aliphatic rings. The quantitative estimate of drug-likeness (QED) is 0.812. The summed E-state index contributed by atoms with van der Waals surface area (Å²) in [4.78, 5) is 34.9. The molecular formula is C13H11NO6S. The van der Waals surface area contributed by atoms with Crippen molar-refractivity contribution in [1.82, 2.24) is 4.90 Å². The number of phenols is 1. The molecule has 0 unspecified atom stereocenters. The van der Waals surface area contributed by atoms with Crippen LogP contribution in [0.25, 0.3) is 6.08 Å². The number of aromatic hydroxyl groups is 1. The number of phenolic OH excluding ortho intramolecular Hbond substituents is 1. The van der Waals surface area contributed by atoms with Gasteiger partial charge in [0.1, 0.15) is 6.54 Å². The molecule has 0 spiro atoms. The lowest BCUT2D eigenvalue weighted by Crippen LogP contribution is -2.33. The van der Waals surface area contributed by atoms with E-state index in [9.17, 15) is 19.5 Å². The Morgan fingerprint density at radius 3 is 2.76 bits per heavy atom. The summed E-state index contributed by atoms with van der Waals surface area (Å²) in [5.74, 6) is -1.73. The van der Waals surface area contributed by atoms with Crippen LogP contribution in [0.1, 0.15) is 5.56 Å². The Morgan fingerprint density at radius 1 is 1.43 bits per heavy atom. The molecule has 0 bridgehead atoms. The number of carbonyl (C=O) groups is 3. The zero-order valence-corrected chi connectivity index (χ0v) is 11.7. The number of carboxylic acid groups (broad SMARTS) is 1. The molecule has 1 aromatic carbocycles. The van der Waals surface area contributed by atoms with Gasteiger partial charge in [-0.25, -0.2) is 0 Å². The Morgan fingerprint density at radius 2 is 2.14 bits per heavy atom. The number of ether oxygens (including phenoxy) is 1. The van der Waals surface area contributed by atoms with E-state index in [1.807, 2.05) is 0 Å². The maximum atomic E-state index is 11.9. The van der Waals surface area contributed by atoms with E-state index >= 15 is 0 Å². The van der Waals surface area contributed by atoms with Crippen LogP contribution in [0, 0.1) is 0 Å². The second-order valence-electron chi connectivity index (χ2n) is 4.09. The third kappa shape index (κ3) is 3.16. The summed E-state index contributed by atoms with van der Waals surface area (Å²) in [6.45, 7) is -0.666. The van der Waals surface area contributed by atoms with Crippen LogP contribution in [-0.4, -0.2) is 45.9 Å². The summed E-state index contributed by atoms with van der Waals surface area (Å²) in [5, 5.41) is 17.5. The molecule has 1 aromatic rings. The van der Waals surface area contributed by atoms with Gasteiger partial charge in [0.25, 0.3) is 11.1 Å². The Balaban J connectivity index is 2.28. The highest BCUT2D eigenvalue weighted by molar-refractivity contribution is 8.18. The van der Waals surface area contributed by atoms with Crippen molar-refractivity contribution < 1.29 is 29.3 Å². The van der Waals surface area contributed by atoms with E-state index in [1.165, 1.54) is 25.3 Å². The van der Waals surface area contributed by atoms with Gasteiger partial charge in [-0.1, -0.05) is 6.07 Å². The van der Waals surface area contributed by atoms with E-state index in [0.717, 1.165) is 0 Å². The fourth-order valence-corrected chi connectivity index (χ4v) is 2.55. The molecule has 21 heavy (non-hydrogen) atoms. The third-order valence-electron chi connectivity index (χ3n) is 2.67. The Kier molecular flexibility index (Phi) is 4.18. The minimum absolute atomic E-state index is 0.0476. The number of aliphatic carboxylic acids is 1. The number of hydrogen-bond acceptors (Lipinski definition) is 6. The second kappa shape index (κ2) is 5.88. The zero-order valence-electron chi connectivity index (χ0n) is 10.9. The maximum Gasteiger partial charge on any atom is 0.323 e. The van der Waals surface area contributed by atoms with Crippen LogP contribution in [0.5, 0.6) is 11.5 Å². The summed E-state index contributed by atoms with van der Waals surface area (Å²) in [5.41, 5.74) is 0.547. The smallest absolute Gasteiger partial charge is 0.323 e. The normalized spacial score (nSPS) is 16.6. The van der Waals surface area contributed by atoms with E-state index in [2.05, 4.69) is 0 Å². The van der Waals surface area contributed by atoms with Gasteiger partial charge in [-0.3, -0.25) is 19.3 Å². The van der Waals surface area contributed by atoms with Gasteiger partial charge >= 0.3 is 5.97 Å². The molecule has 2 amide bonds. The first-order valence-corrected chi connectivity index (χ1v) is 6.58. The van der Waals surface area contributed by atoms with Crippen LogP contribution in [0.4, 0.5) is 4.79 Å². The van der Waals surface area contributed by atoms with Gasteiger partial charge in [-0.05, 0) is 35.5 Å². The summed E-state index contributed by atoms with van der Waals surface area (Å²) in [7, 11) is 1.39. The van der Waals surface area contributed by atoms with E-state index in [-0.39, 0.29) is 16.4 Å². The third-order valence-corrected chi connectivity index (χ3v) is 3.58. The highest BCUT2D eigenvalue weighted by atomic mass is 32.2. The van der Waals surface area contributed by atoms with Crippen molar-refractivity contribution in [2.45, 2.75) is 0 Å². The van der Waals surface area contributed by atoms with Crippen LogP contribution in [0.15, 0.2) is 23.1 Å². The lowest BCUT2D eigenvalue weighted by atomic mass is 10.2. The van der Waals surface area contributed by atoms with Crippen molar-refractivity contribution in [2.24, 2.45) is 0 Å².